The fraction of sp³-hybridized carbons (Fsp3) is 0.364. The summed E-state index contributed by atoms with van der Waals surface area (Å²) in [6.45, 7) is 2.05. The zero-order valence-corrected chi connectivity index (χ0v) is 10.5. The number of fused-ring (bicyclic) bond motifs is 1. The first-order chi connectivity index (χ1) is 7.09. The van der Waals surface area contributed by atoms with Crippen LogP contribution in [0.1, 0.15) is 29.3 Å². The van der Waals surface area contributed by atoms with Crippen molar-refractivity contribution in [2.75, 3.05) is 0 Å². The summed E-state index contributed by atoms with van der Waals surface area (Å²) in [6.07, 6.45) is 0.539. The topological polar surface area (TPSA) is 17.1 Å². The van der Waals surface area contributed by atoms with Crippen LogP contribution in [0.2, 0.25) is 10.0 Å². The third kappa shape index (κ3) is 2.17. The van der Waals surface area contributed by atoms with Crippen LogP contribution >= 0.6 is 35.0 Å². The van der Waals surface area contributed by atoms with E-state index >= 15 is 0 Å². The van der Waals surface area contributed by atoms with E-state index in [1.54, 1.807) is 23.9 Å². The maximum atomic E-state index is 11.9. The Hall–Kier alpha value is -0.180. The Balaban J connectivity index is 2.57. The third-order valence-corrected chi connectivity index (χ3v) is 4.33. The van der Waals surface area contributed by atoms with E-state index in [0.29, 0.717) is 27.3 Å². The Morgan fingerprint density at radius 2 is 2.00 bits per heavy atom. The standard InChI is InChI=1S/C11H10Cl2OS/c1-6-4-10(14)11-7(5-15-6)8(12)2-3-9(11)13/h2-3,6H,4-5H2,1H3. The lowest BCUT2D eigenvalue weighted by Crippen LogP contribution is -2.06. The van der Waals surface area contributed by atoms with E-state index in [1.165, 1.54) is 0 Å². The fourth-order valence-electron chi connectivity index (χ4n) is 1.68. The molecule has 1 unspecified atom stereocenters. The van der Waals surface area contributed by atoms with Crippen LogP contribution in [-0.4, -0.2) is 11.0 Å². The number of hydrogen-bond acceptors (Lipinski definition) is 2. The van der Waals surface area contributed by atoms with Crippen LogP contribution in [0.3, 0.4) is 0 Å². The van der Waals surface area contributed by atoms with Crippen LogP contribution in [0.4, 0.5) is 0 Å². The lowest BCUT2D eigenvalue weighted by molar-refractivity contribution is 0.0984. The molecule has 1 aromatic rings. The summed E-state index contributed by atoms with van der Waals surface area (Å²) in [4.78, 5) is 11.9. The number of thioether (sulfide) groups is 1. The molecule has 4 heteroatoms. The van der Waals surface area contributed by atoms with Crippen molar-refractivity contribution in [2.45, 2.75) is 24.3 Å². The Morgan fingerprint density at radius 3 is 2.73 bits per heavy atom. The van der Waals surface area contributed by atoms with Gasteiger partial charge < -0.3 is 0 Å². The van der Waals surface area contributed by atoms with Gasteiger partial charge in [-0.05, 0) is 17.7 Å². The van der Waals surface area contributed by atoms with Gasteiger partial charge in [-0.15, -0.1) is 0 Å². The minimum Gasteiger partial charge on any atom is -0.294 e. The van der Waals surface area contributed by atoms with Gasteiger partial charge in [-0.3, -0.25) is 4.79 Å². The molecule has 1 aromatic carbocycles. The number of benzene rings is 1. The molecule has 0 saturated heterocycles. The number of rotatable bonds is 0. The van der Waals surface area contributed by atoms with Crippen molar-refractivity contribution >= 4 is 40.7 Å². The molecule has 0 radical (unpaired) electrons. The monoisotopic (exact) mass is 260 g/mol. The molecule has 0 bridgehead atoms. The highest BCUT2D eigenvalue weighted by atomic mass is 35.5. The second-order valence-electron chi connectivity index (χ2n) is 3.63. The van der Waals surface area contributed by atoms with Crippen molar-refractivity contribution < 1.29 is 4.79 Å². The van der Waals surface area contributed by atoms with E-state index in [0.717, 1.165) is 11.3 Å². The normalized spacial score (nSPS) is 21.0. The zero-order chi connectivity index (χ0) is 11.0. The van der Waals surface area contributed by atoms with E-state index in [-0.39, 0.29) is 5.78 Å². The molecule has 1 atom stereocenters. The van der Waals surface area contributed by atoms with Crippen LogP contribution in [0.25, 0.3) is 0 Å². The first-order valence-electron chi connectivity index (χ1n) is 4.71. The van der Waals surface area contributed by atoms with Crippen molar-refractivity contribution in [2.24, 2.45) is 0 Å². The first kappa shape index (κ1) is 11.3. The quantitative estimate of drug-likeness (QED) is 0.696. The predicted molar refractivity (Wildman–Crippen MR) is 66.2 cm³/mol. The molecular weight excluding hydrogens is 251 g/mol. The first-order valence-corrected chi connectivity index (χ1v) is 6.51. The Morgan fingerprint density at radius 1 is 1.33 bits per heavy atom. The number of halogens is 2. The van der Waals surface area contributed by atoms with Crippen molar-refractivity contribution in [3.63, 3.8) is 0 Å². The molecule has 0 aliphatic carbocycles. The third-order valence-electron chi connectivity index (χ3n) is 2.47. The molecule has 0 fully saturated rings. The van der Waals surface area contributed by atoms with Gasteiger partial charge in [0.15, 0.2) is 5.78 Å². The highest BCUT2D eigenvalue weighted by Crippen LogP contribution is 2.36. The fourth-order valence-corrected chi connectivity index (χ4v) is 3.29. The van der Waals surface area contributed by atoms with E-state index in [9.17, 15) is 4.79 Å². The average Bonchev–Trinajstić information content (AvgIpc) is 2.32. The molecule has 0 aromatic heterocycles. The van der Waals surface area contributed by atoms with Crippen LogP contribution < -0.4 is 0 Å². The molecule has 2 rings (SSSR count). The summed E-state index contributed by atoms with van der Waals surface area (Å²) in [5.74, 6) is 0.872. The molecule has 1 heterocycles. The van der Waals surface area contributed by atoms with Gasteiger partial charge in [0.25, 0.3) is 0 Å². The Labute approximate surface area is 103 Å². The van der Waals surface area contributed by atoms with E-state index < -0.39 is 0 Å². The summed E-state index contributed by atoms with van der Waals surface area (Å²) >= 11 is 13.9. The smallest absolute Gasteiger partial charge is 0.165 e. The Bertz CT molecular complexity index is 417. The summed E-state index contributed by atoms with van der Waals surface area (Å²) in [5, 5.41) is 1.50. The zero-order valence-electron chi connectivity index (χ0n) is 8.22. The number of Topliss-reactive ketones (excluding diaryl/α,β-unsaturated/α-hetero) is 1. The minimum atomic E-state index is 0.106. The van der Waals surface area contributed by atoms with Crippen LogP contribution in [0.5, 0.6) is 0 Å². The SMILES string of the molecule is CC1CC(=O)c2c(Cl)ccc(Cl)c2CS1. The van der Waals surface area contributed by atoms with Gasteiger partial charge in [0.2, 0.25) is 0 Å². The van der Waals surface area contributed by atoms with Crippen LogP contribution in [-0.2, 0) is 5.75 Å². The number of hydrogen-bond donors (Lipinski definition) is 0. The van der Waals surface area contributed by atoms with Crippen LogP contribution in [0.15, 0.2) is 12.1 Å². The van der Waals surface area contributed by atoms with Gasteiger partial charge in [0, 0.05) is 28.0 Å². The maximum absolute atomic E-state index is 11.9. The van der Waals surface area contributed by atoms with E-state index in [2.05, 4.69) is 6.92 Å². The molecule has 0 spiro atoms. The van der Waals surface area contributed by atoms with Gasteiger partial charge in [-0.1, -0.05) is 30.1 Å². The molecule has 0 N–H and O–H groups in total. The van der Waals surface area contributed by atoms with E-state index in [4.69, 9.17) is 23.2 Å². The molecule has 80 valence electrons. The summed E-state index contributed by atoms with van der Waals surface area (Å²) < 4.78 is 0. The largest absolute Gasteiger partial charge is 0.294 e. The lowest BCUT2D eigenvalue weighted by Gasteiger charge is -2.07. The highest BCUT2D eigenvalue weighted by Gasteiger charge is 2.24. The molecule has 1 aliphatic heterocycles. The van der Waals surface area contributed by atoms with Gasteiger partial charge >= 0.3 is 0 Å². The lowest BCUT2D eigenvalue weighted by atomic mass is 10.0. The van der Waals surface area contributed by atoms with Crippen molar-refractivity contribution in [1.29, 1.82) is 0 Å². The minimum absolute atomic E-state index is 0.106. The second-order valence-corrected chi connectivity index (χ2v) is 5.87. The maximum Gasteiger partial charge on any atom is 0.165 e. The van der Waals surface area contributed by atoms with Crippen molar-refractivity contribution in [3.05, 3.63) is 33.3 Å². The average molecular weight is 261 g/mol. The Kier molecular flexibility index (Phi) is 3.29. The van der Waals surface area contributed by atoms with Crippen molar-refractivity contribution in [3.8, 4) is 0 Å². The molecular formula is C11H10Cl2OS. The van der Waals surface area contributed by atoms with Gasteiger partial charge in [-0.25, -0.2) is 0 Å². The molecule has 0 amide bonds. The number of ketones is 1. The van der Waals surface area contributed by atoms with Crippen molar-refractivity contribution in [1.82, 2.24) is 0 Å². The molecule has 1 nitrogen and oxygen atoms in total. The highest BCUT2D eigenvalue weighted by molar-refractivity contribution is 7.99. The predicted octanol–water partition coefficient (Wildman–Crippen LogP) is 4.20. The molecule has 0 saturated carbocycles. The summed E-state index contributed by atoms with van der Waals surface area (Å²) in [5.41, 5.74) is 1.52. The van der Waals surface area contributed by atoms with Crippen LogP contribution in [0, 0.1) is 0 Å². The number of carbonyl (C=O) groups is 1. The molecule has 1 aliphatic rings. The van der Waals surface area contributed by atoms with Gasteiger partial charge in [0.05, 0.1) is 5.02 Å². The summed E-state index contributed by atoms with van der Waals surface area (Å²) in [7, 11) is 0. The second kappa shape index (κ2) is 4.36. The van der Waals surface area contributed by atoms with Gasteiger partial charge in [-0.2, -0.15) is 11.8 Å². The molecule has 15 heavy (non-hydrogen) atoms. The number of carbonyl (C=O) groups excluding carboxylic acids is 1. The van der Waals surface area contributed by atoms with E-state index in [1.807, 2.05) is 0 Å². The summed E-state index contributed by atoms with van der Waals surface area (Å²) in [6, 6.07) is 3.45. The van der Waals surface area contributed by atoms with Gasteiger partial charge in [0.1, 0.15) is 0 Å².